The number of rotatable bonds is 1. The van der Waals surface area contributed by atoms with Gasteiger partial charge in [0.05, 0.1) is 12.4 Å². The van der Waals surface area contributed by atoms with E-state index in [0.29, 0.717) is 0 Å². The highest BCUT2D eigenvalue weighted by atomic mass is 16.4. The Balaban J connectivity index is 2.88. The second-order valence-corrected chi connectivity index (χ2v) is 3.03. The molecule has 0 unspecified atom stereocenters. The average molecular weight is 221 g/mol. The molecule has 2 heterocycles. The summed E-state index contributed by atoms with van der Waals surface area (Å²) in [5.41, 5.74) is -0.781. The zero-order chi connectivity index (χ0) is 11.7. The van der Waals surface area contributed by atoms with E-state index in [9.17, 15) is 9.59 Å². The van der Waals surface area contributed by atoms with Crippen LogP contribution in [0, 0.1) is 0 Å². The van der Waals surface area contributed by atoms with Crippen LogP contribution in [0.4, 0.5) is 0 Å². The minimum Gasteiger partial charge on any atom is -0.411 e. The second kappa shape index (κ2) is 3.57. The van der Waals surface area contributed by atoms with Gasteiger partial charge in [-0.1, -0.05) is 5.16 Å². The van der Waals surface area contributed by atoms with Crippen molar-refractivity contribution in [3.8, 4) is 0 Å². The van der Waals surface area contributed by atoms with Gasteiger partial charge in [-0.15, -0.1) is 0 Å². The molecule has 2 aromatic heterocycles. The van der Waals surface area contributed by atoms with E-state index in [1.54, 1.807) is 0 Å². The Morgan fingerprint density at radius 2 is 2.31 bits per heavy atom. The van der Waals surface area contributed by atoms with Crippen LogP contribution < -0.4 is 11.2 Å². The summed E-state index contributed by atoms with van der Waals surface area (Å²) in [5, 5.41) is 11.1. The third kappa shape index (κ3) is 1.45. The standard InChI is InChI=1S/C8H7N5O3/c1-13-7(14)5-6(12-8(13)15)9-2-4(11-5)3-10-16/h2-3,16H,1H3,(H,9,12,15)/b10-3+. The minimum atomic E-state index is -0.560. The van der Waals surface area contributed by atoms with Crippen molar-refractivity contribution in [3.05, 3.63) is 32.7 Å². The fourth-order valence-corrected chi connectivity index (χ4v) is 1.20. The third-order valence-corrected chi connectivity index (χ3v) is 2.02. The van der Waals surface area contributed by atoms with Gasteiger partial charge in [0.15, 0.2) is 11.2 Å². The van der Waals surface area contributed by atoms with E-state index in [2.05, 4.69) is 20.1 Å². The Labute approximate surface area is 87.9 Å². The van der Waals surface area contributed by atoms with E-state index in [1.165, 1.54) is 13.2 Å². The molecule has 2 rings (SSSR count). The van der Waals surface area contributed by atoms with Gasteiger partial charge in [-0.2, -0.15) is 0 Å². The molecule has 2 aromatic rings. The minimum absolute atomic E-state index is 0.0134. The third-order valence-electron chi connectivity index (χ3n) is 2.02. The van der Waals surface area contributed by atoms with Crippen LogP contribution in [0.5, 0.6) is 0 Å². The van der Waals surface area contributed by atoms with Crippen molar-refractivity contribution < 1.29 is 5.21 Å². The van der Waals surface area contributed by atoms with E-state index in [4.69, 9.17) is 5.21 Å². The van der Waals surface area contributed by atoms with Crippen molar-refractivity contribution in [1.82, 2.24) is 19.5 Å². The number of H-pyrrole nitrogens is 1. The highest BCUT2D eigenvalue weighted by Gasteiger charge is 2.07. The highest BCUT2D eigenvalue weighted by molar-refractivity contribution is 5.79. The maximum Gasteiger partial charge on any atom is 0.329 e. The highest BCUT2D eigenvalue weighted by Crippen LogP contribution is 1.97. The van der Waals surface area contributed by atoms with Crippen molar-refractivity contribution >= 4 is 17.4 Å². The topological polar surface area (TPSA) is 113 Å². The first-order valence-corrected chi connectivity index (χ1v) is 4.27. The zero-order valence-corrected chi connectivity index (χ0v) is 8.21. The fraction of sp³-hybridized carbons (Fsp3) is 0.125. The molecule has 0 aliphatic carbocycles. The predicted octanol–water partition coefficient (Wildman–Crippen LogP) is -1.18. The lowest BCUT2D eigenvalue weighted by molar-refractivity contribution is 0.321. The second-order valence-electron chi connectivity index (χ2n) is 3.03. The molecule has 0 bridgehead atoms. The number of nitrogens with zero attached hydrogens (tertiary/aromatic N) is 4. The monoisotopic (exact) mass is 221 g/mol. The lowest BCUT2D eigenvalue weighted by Gasteiger charge is -1.99. The molecule has 0 spiro atoms. The van der Waals surface area contributed by atoms with Gasteiger partial charge in [0.25, 0.3) is 5.56 Å². The summed E-state index contributed by atoms with van der Waals surface area (Å²) in [4.78, 5) is 33.0. The quantitative estimate of drug-likeness (QED) is 0.357. The first kappa shape index (κ1) is 10.0. The maximum atomic E-state index is 11.6. The van der Waals surface area contributed by atoms with E-state index >= 15 is 0 Å². The van der Waals surface area contributed by atoms with Crippen molar-refractivity contribution in [3.63, 3.8) is 0 Å². The van der Waals surface area contributed by atoms with E-state index < -0.39 is 11.2 Å². The Morgan fingerprint density at radius 1 is 1.56 bits per heavy atom. The molecule has 0 aromatic carbocycles. The molecular weight excluding hydrogens is 214 g/mol. The molecule has 0 saturated carbocycles. The van der Waals surface area contributed by atoms with Crippen LogP contribution in [0.15, 0.2) is 20.9 Å². The summed E-state index contributed by atoms with van der Waals surface area (Å²) in [6, 6.07) is 0. The normalized spacial score (nSPS) is 11.3. The van der Waals surface area contributed by atoms with E-state index in [1.807, 2.05) is 0 Å². The fourth-order valence-electron chi connectivity index (χ4n) is 1.20. The number of fused-ring (bicyclic) bond motifs is 1. The van der Waals surface area contributed by atoms with Crippen LogP contribution in [0.3, 0.4) is 0 Å². The smallest absolute Gasteiger partial charge is 0.329 e. The van der Waals surface area contributed by atoms with Gasteiger partial charge in [0.1, 0.15) is 5.69 Å². The summed E-state index contributed by atoms with van der Waals surface area (Å²) < 4.78 is 0.886. The van der Waals surface area contributed by atoms with Crippen LogP contribution in [-0.2, 0) is 7.05 Å². The van der Waals surface area contributed by atoms with Crippen LogP contribution in [0.25, 0.3) is 11.2 Å². The predicted molar refractivity (Wildman–Crippen MR) is 54.8 cm³/mol. The molecule has 0 saturated heterocycles. The Hall–Kier alpha value is -2.51. The summed E-state index contributed by atoms with van der Waals surface area (Å²) in [6.45, 7) is 0. The van der Waals surface area contributed by atoms with Gasteiger partial charge < -0.3 is 5.21 Å². The molecule has 0 atom stereocenters. The molecule has 0 aliphatic heterocycles. The molecule has 8 heteroatoms. The van der Waals surface area contributed by atoms with Gasteiger partial charge in [0, 0.05) is 7.05 Å². The summed E-state index contributed by atoms with van der Waals surface area (Å²) >= 11 is 0. The summed E-state index contributed by atoms with van der Waals surface area (Å²) in [6.07, 6.45) is 2.31. The summed E-state index contributed by atoms with van der Waals surface area (Å²) in [5.74, 6) is 0. The van der Waals surface area contributed by atoms with Crippen LogP contribution in [0.1, 0.15) is 5.69 Å². The van der Waals surface area contributed by atoms with Crippen molar-refractivity contribution in [1.29, 1.82) is 0 Å². The number of aromatic amines is 1. The number of hydrogen-bond donors (Lipinski definition) is 2. The maximum absolute atomic E-state index is 11.6. The van der Waals surface area contributed by atoms with Gasteiger partial charge in [-0.25, -0.2) is 14.8 Å². The van der Waals surface area contributed by atoms with Gasteiger partial charge in [-0.3, -0.25) is 14.3 Å². The number of nitrogens with one attached hydrogen (secondary N) is 1. The summed E-state index contributed by atoms with van der Waals surface area (Å²) in [7, 11) is 1.33. The molecule has 16 heavy (non-hydrogen) atoms. The molecule has 82 valence electrons. The molecule has 0 aliphatic rings. The average Bonchev–Trinajstić information content (AvgIpc) is 2.28. The van der Waals surface area contributed by atoms with Gasteiger partial charge in [-0.05, 0) is 0 Å². The molecule has 8 nitrogen and oxygen atoms in total. The van der Waals surface area contributed by atoms with Crippen molar-refractivity contribution in [2.45, 2.75) is 0 Å². The molecule has 0 fully saturated rings. The first-order valence-electron chi connectivity index (χ1n) is 4.27. The lowest BCUT2D eigenvalue weighted by atomic mass is 10.4. The molecular formula is C8H7N5O3. The molecule has 0 amide bonds. The first-order chi connectivity index (χ1) is 7.63. The van der Waals surface area contributed by atoms with E-state index in [-0.39, 0.29) is 16.9 Å². The molecule has 0 radical (unpaired) electrons. The Kier molecular flexibility index (Phi) is 2.24. The number of hydrogen-bond acceptors (Lipinski definition) is 6. The largest absolute Gasteiger partial charge is 0.411 e. The van der Waals surface area contributed by atoms with Crippen molar-refractivity contribution in [2.24, 2.45) is 12.2 Å². The van der Waals surface area contributed by atoms with Crippen LogP contribution >= 0.6 is 0 Å². The molecule has 2 N–H and O–H groups in total. The zero-order valence-electron chi connectivity index (χ0n) is 8.21. The van der Waals surface area contributed by atoms with Gasteiger partial charge >= 0.3 is 5.69 Å². The van der Waals surface area contributed by atoms with Crippen LogP contribution in [-0.4, -0.2) is 30.9 Å². The van der Waals surface area contributed by atoms with Crippen molar-refractivity contribution in [2.75, 3.05) is 0 Å². The Bertz CT molecular complexity index is 684. The number of aromatic nitrogens is 4. The van der Waals surface area contributed by atoms with Gasteiger partial charge in [0.2, 0.25) is 0 Å². The Morgan fingerprint density at radius 3 is 3.00 bits per heavy atom. The van der Waals surface area contributed by atoms with Crippen LogP contribution in [0.2, 0.25) is 0 Å². The number of oxime groups is 1. The lowest BCUT2D eigenvalue weighted by Crippen LogP contribution is -2.33. The SMILES string of the molecule is Cn1c(=O)[nH]c2ncc(/C=N/O)nc2c1=O. The van der Waals surface area contributed by atoms with E-state index in [0.717, 1.165) is 10.8 Å².